The molecule has 178 valence electrons. The average molecular weight is 523 g/mol. The molecule has 34 heavy (non-hydrogen) atoms. The summed E-state index contributed by atoms with van der Waals surface area (Å²) in [6.45, 7) is 5.92. The van der Waals surface area contributed by atoms with E-state index in [4.69, 9.17) is 4.74 Å². The van der Waals surface area contributed by atoms with Crippen LogP contribution < -0.4 is 10.1 Å². The molecule has 0 fully saturated rings. The molecule has 0 aliphatic heterocycles. The smallest absolute Gasteiger partial charge is 0.261 e. The van der Waals surface area contributed by atoms with Crippen LogP contribution in [0.5, 0.6) is 5.75 Å². The molecule has 0 saturated heterocycles. The van der Waals surface area contributed by atoms with Gasteiger partial charge in [0, 0.05) is 23.0 Å². The quantitative estimate of drug-likeness (QED) is 0.410. The third-order valence-electron chi connectivity index (χ3n) is 5.12. The summed E-state index contributed by atoms with van der Waals surface area (Å²) < 4.78 is 6.67. The van der Waals surface area contributed by atoms with Crippen molar-refractivity contribution in [2.24, 2.45) is 0 Å². The number of para-hydroxylation sites is 1. The Kier molecular flexibility index (Phi) is 8.88. The van der Waals surface area contributed by atoms with Crippen LogP contribution in [0.2, 0.25) is 0 Å². The van der Waals surface area contributed by atoms with E-state index >= 15 is 0 Å². The fourth-order valence-electron chi connectivity index (χ4n) is 3.58. The first-order chi connectivity index (χ1) is 16.2. The van der Waals surface area contributed by atoms with Crippen molar-refractivity contribution >= 4 is 27.7 Å². The van der Waals surface area contributed by atoms with Crippen molar-refractivity contribution in [3.8, 4) is 5.75 Å². The molecule has 0 heterocycles. The minimum absolute atomic E-state index is 0.161. The van der Waals surface area contributed by atoms with E-state index in [2.05, 4.69) is 21.2 Å². The van der Waals surface area contributed by atoms with E-state index in [1.165, 1.54) is 0 Å². The molecule has 5 nitrogen and oxygen atoms in total. The van der Waals surface area contributed by atoms with Gasteiger partial charge in [-0.05, 0) is 56.2 Å². The molecule has 3 aromatic rings. The SMILES string of the molecule is CC(C)(C)NC(=O)[C@@H](Cc1ccccc1)N(Cc1cccc(Br)c1)C(=O)COc1ccccc1. The van der Waals surface area contributed by atoms with E-state index in [0.29, 0.717) is 12.2 Å². The van der Waals surface area contributed by atoms with Crippen molar-refractivity contribution < 1.29 is 14.3 Å². The molecule has 0 saturated carbocycles. The highest BCUT2D eigenvalue weighted by molar-refractivity contribution is 9.10. The number of rotatable bonds is 9. The fourth-order valence-corrected chi connectivity index (χ4v) is 4.03. The second kappa shape index (κ2) is 11.8. The van der Waals surface area contributed by atoms with Gasteiger partial charge >= 0.3 is 0 Å². The minimum Gasteiger partial charge on any atom is -0.484 e. The number of carbonyl (C=O) groups excluding carboxylic acids is 2. The number of halogens is 1. The van der Waals surface area contributed by atoms with Gasteiger partial charge in [-0.1, -0.05) is 76.6 Å². The van der Waals surface area contributed by atoms with Crippen molar-refractivity contribution in [2.45, 2.75) is 45.3 Å². The van der Waals surface area contributed by atoms with E-state index < -0.39 is 11.6 Å². The van der Waals surface area contributed by atoms with Gasteiger partial charge in [-0.2, -0.15) is 0 Å². The largest absolute Gasteiger partial charge is 0.484 e. The summed E-state index contributed by atoms with van der Waals surface area (Å²) in [6, 6.07) is 26.0. The lowest BCUT2D eigenvalue weighted by molar-refractivity contribution is -0.143. The summed E-state index contributed by atoms with van der Waals surface area (Å²) in [5.74, 6) is 0.158. The summed E-state index contributed by atoms with van der Waals surface area (Å²) in [5, 5.41) is 3.06. The first kappa shape index (κ1) is 25.5. The normalized spacial score (nSPS) is 12.0. The summed E-state index contributed by atoms with van der Waals surface area (Å²) in [4.78, 5) is 28.6. The third-order valence-corrected chi connectivity index (χ3v) is 5.61. The molecule has 6 heteroatoms. The number of hydrogen-bond donors (Lipinski definition) is 1. The number of hydrogen-bond acceptors (Lipinski definition) is 3. The zero-order valence-corrected chi connectivity index (χ0v) is 21.4. The van der Waals surface area contributed by atoms with Crippen LogP contribution in [-0.4, -0.2) is 34.9 Å². The number of nitrogens with one attached hydrogen (secondary N) is 1. The molecule has 0 radical (unpaired) electrons. The maximum atomic E-state index is 13.5. The molecule has 2 amide bonds. The molecule has 1 atom stereocenters. The second-order valence-corrected chi connectivity index (χ2v) is 10.1. The lowest BCUT2D eigenvalue weighted by Crippen LogP contribution is -2.55. The summed E-state index contributed by atoms with van der Waals surface area (Å²) in [6.07, 6.45) is 0.397. The molecule has 0 unspecified atom stereocenters. The minimum atomic E-state index is -0.701. The molecular formula is C28H31BrN2O3. The average Bonchev–Trinajstić information content (AvgIpc) is 2.80. The van der Waals surface area contributed by atoms with Crippen LogP contribution in [0, 0.1) is 0 Å². The van der Waals surface area contributed by atoms with Gasteiger partial charge in [0.15, 0.2) is 6.61 Å². The Bertz CT molecular complexity index is 1080. The summed E-state index contributed by atoms with van der Waals surface area (Å²) >= 11 is 3.50. The summed E-state index contributed by atoms with van der Waals surface area (Å²) in [5.41, 5.74) is 1.47. The molecule has 1 N–H and O–H groups in total. The standard InChI is InChI=1S/C28H31BrN2O3/c1-28(2,3)30-27(33)25(18-21-11-6-4-7-12-21)31(19-22-13-10-14-23(29)17-22)26(32)20-34-24-15-8-5-9-16-24/h4-17,25H,18-20H2,1-3H3,(H,30,33)/t25-/m1/s1. The maximum absolute atomic E-state index is 13.5. The molecular weight excluding hydrogens is 492 g/mol. The maximum Gasteiger partial charge on any atom is 0.261 e. The highest BCUT2D eigenvalue weighted by atomic mass is 79.9. The van der Waals surface area contributed by atoms with Gasteiger partial charge in [0.1, 0.15) is 11.8 Å². The van der Waals surface area contributed by atoms with Gasteiger partial charge in [-0.25, -0.2) is 0 Å². The third kappa shape index (κ3) is 8.03. The van der Waals surface area contributed by atoms with Gasteiger partial charge in [0.25, 0.3) is 5.91 Å². The van der Waals surface area contributed by atoms with E-state index in [1.54, 1.807) is 17.0 Å². The predicted molar refractivity (Wildman–Crippen MR) is 138 cm³/mol. The lowest BCUT2D eigenvalue weighted by Gasteiger charge is -2.33. The van der Waals surface area contributed by atoms with Crippen LogP contribution >= 0.6 is 15.9 Å². The second-order valence-electron chi connectivity index (χ2n) is 9.20. The highest BCUT2D eigenvalue weighted by Crippen LogP contribution is 2.19. The number of nitrogens with zero attached hydrogens (tertiary/aromatic N) is 1. The van der Waals surface area contributed by atoms with Crippen LogP contribution in [0.1, 0.15) is 31.9 Å². The van der Waals surface area contributed by atoms with Crippen LogP contribution in [0.25, 0.3) is 0 Å². The first-order valence-corrected chi connectivity index (χ1v) is 12.1. The highest BCUT2D eigenvalue weighted by Gasteiger charge is 2.32. The van der Waals surface area contributed by atoms with Gasteiger partial charge in [-0.3, -0.25) is 9.59 Å². The van der Waals surface area contributed by atoms with E-state index in [0.717, 1.165) is 15.6 Å². The van der Waals surface area contributed by atoms with Gasteiger partial charge in [0.05, 0.1) is 0 Å². The van der Waals surface area contributed by atoms with Gasteiger partial charge in [-0.15, -0.1) is 0 Å². The Morgan fingerprint density at radius 1 is 0.912 bits per heavy atom. The monoisotopic (exact) mass is 522 g/mol. The fraction of sp³-hybridized carbons (Fsp3) is 0.286. The van der Waals surface area contributed by atoms with Crippen molar-refractivity contribution in [3.63, 3.8) is 0 Å². The van der Waals surface area contributed by atoms with Crippen LogP contribution in [-0.2, 0) is 22.6 Å². The molecule has 0 aliphatic rings. The van der Waals surface area contributed by atoms with Crippen molar-refractivity contribution in [1.82, 2.24) is 10.2 Å². The van der Waals surface area contributed by atoms with Crippen molar-refractivity contribution in [2.75, 3.05) is 6.61 Å². The van der Waals surface area contributed by atoms with E-state index in [1.807, 2.05) is 93.6 Å². The first-order valence-electron chi connectivity index (χ1n) is 11.3. The lowest BCUT2D eigenvalue weighted by atomic mass is 10.0. The zero-order valence-electron chi connectivity index (χ0n) is 19.8. The van der Waals surface area contributed by atoms with E-state index in [9.17, 15) is 9.59 Å². The Balaban J connectivity index is 1.92. The van der Waals surface area contributed by atoms with Crippen molar-refractivity contribution in [3.05, 3.63) is 101 Å². The Hall–Kier alpha value is -3.12. The number of ether oxygens (including phenoxy) is 1. The molecule has 3 rings (SSSR count). The van der Waals surface area contributed by atoms with Crippen LogP contribution in [0.4, 0.5) is 0 Å². The number of carbonyl (C=O) groups is 2. The Morgan fingerprint density at radius 2 is 1.53 bits per heavy atom. The van der Waals surface area contributed by atoms with E-state index in [-0.39, 0.29) is 25.0 Å². The zero-order chi connectivity index (χ0) is 24.6. The predicted octanol–water partition coefficient (Wildman–Crippen LogP) is 5.38. The van der Waals surface area contributed by atoms with Gasteiger partial charge < -0.3 is 15.0 Å². The Labute approximate surface area is 210 Å². The molecule has 0 bridgehead atoms. The molecule has 0 spiro atoms. The molecule has 0 aromatic heterocycles. The number of benzene rings is 3. The van der Waals surface area contributed by atoms with Crippen molar-refractivity contribution in [1.29, 1.82) is 0 Å². The number of amides is 2. The molecule has 3 aromatic carbocycles. The summed E-state index contributed by atoms with van der Waals surface area (Å²) in [7, 11) is 0. The van der Waals surface area contributed by atoms with Crippen LogP contribution in [0.15, 0.2) is 89.4 Å². The topological polar surface area (TPSA) is 58.6 Å². The van der Waals surface area contributed by atoms with Gasteiger partial charge in [0.2, 0.25) is 5.91 Å². The molecule has 0 aliphatic carbocycles. The van der Waals surface area contributed by atoms with Crippen LogP contribution in [0.3, 0.4) is 0 Å². The Morgan fingerprint density at radius 3 is 2.15 bits per heavy atom.